The first-order chi connectivity index (χ1) is 6.25. The number of hydrogen-bond donors (Lipinski definition) is 1. The minimum atomic E-state index is -0.468. The summed E-state index contributed by atoms with van der Waals surface area (Å²) in [6, 6.07) is -0.206. The van der Waals surface area contributed by atoms with Gasteiger partial charge in [0.2, 0.25) is 5.90 Å². The molecule has 2 aliphatic heterocycles. The molecular weight excluding hydrogens is 194 g/mol. The van der Waals surface area contributed by atoms with E-state index in [1.54, 1.807) is 12.2 Å². The number of carbonyl (C=O) groups is 1. The molecule has 0 aliphatic carbocycles. The Labute approximate surface area is 80.0 Å². The van der Waals surface area contributed by atoms with Crippen LogP contribution in [0.5, 0.6) is 0 Å². The van der Waals surface area contributed by atoms with E-state index in [2.05, 4.69) is 10.4 Å². The minimum Gasteiger partial charge on any atom is -0.453 e. The van der Waals surface area contributed by atoms with Crippen LogP contribution in [-0.2, 0) is 4.74 Å². The highest BCUT2D eigenvalue weighted by Crippen LogP contribution is 2.11. The smallest absolute Gasteiger partial charge is 0.338 e. The van der Waals surface area contributed by atoms with Gasteiger partial charge in [-0.3, -0.25) is 0 Å². The third-order valence-electron chi connectivity index (χ3n) is 1.68. The Morgan fingerprint density at radius 3 is 3.15 bits per heavy atom. The first kappa shape index (κ1) is 8.37. The van der Waals surface area contributed by atoms with Gasteiger partial charge in [-0.15, -0.1) is 5.10 Å². The van der Waals surface area contributed by atoms with E-state index in [1.165, 1.54) is 5.01 Å². The lowest BCUT2D eigenvalue weighted by Gasteiger charge is -2.07. The van der Waals surface area contributed by atoms with E-state index in [0.29, 0.717) is 19.0 Å². The van der Waals surface area contributed by atoms with Crippen molar-refractivity contribution in [1.82, 2.24) is 10.3 Å². The molecule has 0 bridgehead atoms. The second-order valence-electron chi connectivity index (χ2n) is 2.62. The molecule has 0 saturated carbocycles. The molecule has 5 nitrogen and oxygen atoms in total. The third-order valence-corrected chi connectivity index (χ3v) is 1.91. The number of halogens is 1. The number of ether oxygens (including phenoxy) is 1. The lowest BCUT2D eigenvalue weighted by atomic mass is 10.6. The number of urea groups is 1. The molecule has 0 aromatic heterocycles. The average Bonchev–Trinajstić information content (AvgIpc) is 2.64. The highest BCUT2D eigenvalue weighted by molar-refractivity contribution is 6.22. The van der Waals surface area contributed by atoms with Crippen LogP contribution in [0.15, 0.2) is 17.3 Å². The lowest BCUT2D eigenvalue weighted by Crippen LogP contribution is -2.24. The summed E-state index contributed by atoms with van der Waals surface area (Å²) in [5.41, 5.74) is -0.468. The fourth-order valence-corrected chi connectivity index (χ4v) is 1.25. The van der Waals surface area contributed by atoms with Gasteiger partial charge in [-0.2, -0.15) is 0 Å². The molecule has 13 heavy (non-hydrogen) atoms. The van der Waals surface area contributed by atoms with Gasteiger partial charge >= 0.3 is 6.03 Å². The van der Waals surface area contributed by atoms with Crippen LogP contribution in [0.2, 0.25) is 0 Å². The van der Waals surface area contributed by atoms with Gasteiger partial charge in [0.05, 0.1) is 6.54 Å². The van der Waals surface area contributed by atoms with E-state index >= 15 is 0 Å². The van der Waals surface area contributed by atoms with Gasteiger partial charge in [0.25, 0.3) is 0 Å². The first-order valence-electron chi connectivity index (χ1n) is 3.88. The van der Waals surface area contributed by atoms with Crippen molar-refractivity contribution in [2.24, 2.45) is 5.10 Å². The molecule has 1 fully saturated rings. The maximum absolute atomic E-state index is 11.0. The maximum atomic E-state index is 11.0. The van der Waals surface area contributed by atoms with Crippen molar-refractivity contribution in [3.05, 3.63) is 12.2 Å². The molecular formula is C7H8ClN3O2. The molecule has 1 unspecified atom stereocenters. The van der Waals surface area contributed by atoms with Gasteiger partial charge in [0, 0.05) is 12.6 Å². The molecule has 0 spiro atoms. The summed E-state index contributed by atoms with van der Waals surface area (Å²) in [7, 11) is 0. The number of amides is 2. The largest absolute Gasteiger partial charge is 0.453 e. The zero-order valence-electron chi connectivity index (χ0n) is 6.74. The molecule has 1 saturated heterocycles. The van der Waals surface area contributed by atoms with Crippen molar-refractivity contribution in [3.8, 4) is 0 Å². The summed E-state index contributed by atoms with van der Waals surface area (Å²) >= 11 is 5.62. The zero-order valence-corrected chi connectivity index (χ0v) is 7.49. The molecule has 2 rings (SSSR count). The quantitative estimate of drug-likeness (QED) is 0.628. The molecule has 1 N–H and O–H groups in total. The number of alkyl halides is 1. The second-order valence-corrected chi connectivity index (χ2v) is 3.05. The van der Waals surface area contributed by atoms with E-state index in [0.717, 1.165) is 0 Å². The van der Waals surface area contributed by atoms with Crippen LogP contribution in [-0.4, -0.2) is 35.6 Å². The Morgan fingerprint density at radius 1 is 1.77 bits per heavy atom. The van der Waals surface area contributed by atoms with Gasteiger partial charge in [-0.1, -0.05) is 11.6 Å². The topological polar surface area (TPSA) is 53.9 Å². The number of carbonyl (C=O) groups excluding carboxylic acids is 1. The Morgan fingerprint density at radius 2 is 2.62 bits per heavy atom. The highest BCUT2D eigenvalue weighted by atomic mass is 35.5. The predicted molar refractivity (Wildman–Crippen MR) is 47.4 cm³/mol. The van der Waals surface area contributed by atoms with E-state index < -0.39 is 5.56 Å². The molecule has 0 aromatic carbocycles. The molecule has 0 radical (unpaired) electrons. The number of nitrogens with one attached hydrogen (secondary N) is 1. The fraction of sp³-hybridized carbons (Fsp3) is 0.429. The van der Waals surface area contributed by atoms with E-state index in [9.17, 15) is 4.79 Å². The number of hydrazone groups is 1. The predicted octanol–water partition coefficient (Wildman–Crippen LogP) is 0.476. The van der Waals surface area contributed by atoms with Crippen molar-refractivity contribution in [2.45, 2.75) is 5.56 Å². The third kappa shape index (κ3) is 1.75. The lowest BCUT2D eigenvalue weighted by molar-refractivity contribution is 0.216. The molecule has 0 aromatic rings. The first-order valence-corrected chi connectivity index (χ1v) is 4.32. The van der Waals surface area contributed by atoms with Gasteiger partial charge in [0.1, 0.15) is 0 Å². The van der Waals surface area contributed by atoms with Gasteiger partial charge in [-0.25, -0.2) is 9.80 Å². The van der Waals surface area contributed by atoms with E-state index in [-0.39, 0.29) is 6.03 Å². The van der Waals surface area contributed by atoms with Crippen LogP contribution in [0, 0.1) is 0 Å². The van der Waals surface area contributed by atoms with Crippen LogP contribution in [0.4, 0.5) is 4.79 Å². The SMILES string of the molecule is O=C1NCCN1/N=C1\C=CC(Cl)O1. The van der Waals surface area contributed by atoms with Gasteiger partial charge < -0.3 is 10.1 Å². The number of nitrogens with zero attached hydrogens (tertiary/aromatic N) is 2. The molecule has 70 valence electrons. The van der Waals surface area contributed by atoms with Crippen LogP contribution in [0.1, 0.15) is 0 Å². The normalized spacial score (nSPS) is 29.6. The molecule has 1 atom stereocenters. The fourth-order valence-electron chi connectivity index (χ4n) is 1.08. The van der Waals surface area contributed by atoms with Gasteiger partial charge in [-0.05, 0) is 6.08 Å². The van der Waals surface area contributed by atoms with Crippen molar-refractivity contribution in [1.29, 1.82) is 0 Å². The van der Waals surface area contributed by atoms with Gasteiger partial charge in [0.15, 0.2) is 5.56 Å². The second kappa shape index (κ2) is 3.26. The summed E-state index contributed by atoms with van der Waals surface area (Å²) in [6.07, 6.45) is 3.30. The summed E-state index contributed by atoms with van der Waals surface area (Å²) in [4.78, 5) is 11.0. The Kier molecular flexibility index (Phi) is 2.10. The molecule has 2 heterocycles. The summed E-state index contributed by atoms with van der Waals surface area (Å²) in [5.74, 6) is 0.372. The highest BCUT2D eigenvalue weighted by Gasteiger charge is 2.21. The summed E-state index contributed by atoms with van der Waals surface area (Å²) < 4.78 is 5.05. The summed E-state index contributed by atoms with van der Waals surface area (Å²) in [5, 5.41) is 7.89. The molecule has 2 amide bonds. The monoisotopic (exact) mass is 201 g/mol. The Balaban J connectivity index is 2.04. The van der Waals surface area contributed by atoms with Crippen LogP contribution in [0.25, 0.3) is 0 Å². The minimum absolute atomic E-state index is 0.206. The standard InChI is InChI=1S/C7H8ClN3O2/c8-5-1-2-6(13-5)10-11-4-3-9-7(11)12/h1-2,5H,3-4H2,(H,9,12)/b10-6+. The summed E-state index contributed by atoms with van der Waals surface area (Å²) in [6.45, 7) is 1.18. The molecule has 2 aliphatic rings. The number of rotatable bonds is 1. The average molecular weight is 202 g/mol. The Hall–Kier alpha value is -1.23. The van der Waals surface area contributed by atoms with Crippen LogP contribution >= 0.6 is 11.6 Å². The van der Waals surface area contributed by atoms with Crippen LogP contribution in [0.3, 0.4) is 0 Å². The van der Waals surface area contributed by atoms with E-state index in [1.807, 2.05) is 0 Å². The van der Waals surface area contributed by atoms with Crippen molar-refractivity contribution in [2.75, 3.05) is 13.1 Å². The van der Waals surface area contributed by atoms with Crippen molar-refractivity contribution in [3.63, 3.8) is 0 Å². The number of hydrogen-bond acceptors (Lipinski definition) is 3. The van der Waals surface area contributed by atoms with E-state index in [4.69, 9.17) is 16.3 Å². The Bertz CT molecular complexity index is 289. The van der Waals surface area contributed by atoms with Crippen molar-refractivity contribution < 1.29 is 9.53 Å². The molecule has 6 heteroatoms. The zero-order chi connectivity index (χ0) is 9.26. The van der Waals surface area contributed by atoms with Crippen LogP contribution < -0.4 is 5.32 Å². The maximum Gasteiger partial charge on any atom is 0.338 e. The van der Waals surface area contributed by atoms with Crippen molar-refractivity contribution >= 4 is 23.5 Å².